The van der Waals surface area contributed by atoms with Gasteiger partial charge in [-0.25, -0.2) is 4.39 Å². The van der Waals surface area contributed by atoms with Crippen LogP contribution in [0.5, 0.6) is 0 Å². The summed E-state index contributed by atoms with van der Waals surface area (Å²) in [6.07, 6.45) is -4.50. The van der Waals surface area contributed by atoms with E-state index in [1.165, 1.54) is 30.3 Å². The van der Waals surface area contributed by atoms with Crippen molar-refractivity contribution in [1.82, 2.24) is 0 Å². The third-order valence-electron chi connectivity index (χ3n) is 2.75. The predicted molar refractivity (Wildman–Crippen MR) is 77.0 cm³/mol. The number of nitrogens with two attached hydrogens (primary N) is 1. The molecule has 3 N–H and O–H groups in total. The standard InChI is InChI=1S/C14H10F4N2S/c15-11-7-8(5-6-9(11)13(19)21)20-12-4-2-1-3-10(12)14(16,17)18/h1-7,20H,(H2,19,21). The molecule has 0 unspecified atom stereocenters. The van der Waals surface area contributed by atoms with Crippen LogP contribution in [0.2, 0.25) is 0 Å². The highest BCUT2D eigenvalue weighted by Crippen LogP contribution is 2.35. The van der Waals surface area contributed by atoms with Crippen LogP contribution in [-0.4, -0.2) is 4.99 Å². The van der Waals surface area contributed by atoms with Crippen molar-refractivity contribution in [3.05, 3.63) is 59.4 Å². The van der Waals surface area contributed by atoms with E-state index in [4.69, 9.17) is 5.73 Å². The molecule has 0 saturated heterocycles. The van der Waals surface area contributed by atoms with Gasteiger partial charge >= 0.3 is 6.18 Å². The van der Waals surface area contributed by atoms with Gasteiger partial charge in [0.15, 0.2) is 0 Å². The summed E-state index contributed by atoms with van der Waals surface area (Å²) in [5.41, 5.74) is 4.54. The molecule has 2 nitrogen and oxygen atoms in total. The molecule has 0 aliphatic carbocycles. The molecule has 2 rings (SSSR count). The average molecular weight is 314 g/mol. The maximum absolute atomic E-state index is 13.7. The first-order valence-corrected chi connectivity index (χ1v) is 6.22. The van der Waals surface area contributed by atoms with E-state index in [0.717, 1.165) is 12.1 Å². The first-order chi connectivity index (χ1) is 9.79. The van der Waals surface area contributed by atoms with Crippen LogP contribution in [0.3, 0.4) is 0 Å². The van der Waals surface area contributed by atoms with Gasteiger partial charge in [-0.05, 0) is 30.3 Å². The molecule has 0 bridgehead atoms. The van der Waals surface area contributed by atoms with E-state index in [9.17, 15) is 17.6 Å². The fourth-order valence-corrected chi connectivity index (χ4v) is 1.95. The van der Waals surface area contributed by atoms with Crippen LogP contribution in [0.4, 0.5) is 28.9 Å². The van der Waals surface area contributed by atoms with E-state index in [1.54, 1.807) is 0 Å². The van der Waals surface area contributed by atoms with Crippen LogP contribution in [-0.2, 0) is 6.18 Å². The number of hydrogen-bond acceptors (Lipinski definition) is 2. The lowest BCUT2D eigenvalue weighted by Crippen LogP contribution is -2.12. The van der Waals surface area contributed by atoms with Crippen molar-refractivity contribution in [2.45, 2.75) is 6.18 Å². The summed E-state index contributed by atoms with van der Waals surface area (Å²) in [4.78, 5) is -0.116. The lowest BCUT2D eigenvalue weighted by Gasteiger charge is -2.14. The summed E-state index contributed by atoms with van der Waals surface area (Å²) in [7, 11) is 0. The van der Waals surface area contributed by atoms with Gasteiger partial charge in [-0.15, -0.1) is 0 Å². The first-order valence-electron chi connectivity index (χ1n) is 5.81. The Kier molecular flexibility index (Phi) is 4.13. The number of nitrogens with one attached hydrogen (secondary N) is 1. The van der Waals surface area contributed by atoms with E-state index in [0.29, 0.717) is 0 Å². The van der Waals surface area contributed by atoms with Crippen molar-refractivity contribution in [2.75, 3.05) is 5.32 Å². The Bertz CT molecular complexity index is 683. The second kappa shape index (κ2) is 5.69. The van der Waals surface area contributed by atoms with Gasteiger partial charge in [-0.3, -0.25) is 0 Å². The minimum Gasteiger partial charge on any atom is -0.389 e. The Hall–Kier alpha value is -2.15. The zero-order chi connectivity index (χ0) is 15.6. The Morgan fingerprint density at radius 1 is 1.10 bits per heavy atom. The maximum atomic E-state index is 13.7. The van der Waals surface area contributed by atoms with Crippen molar-refractivity contribution in [2.24, 2.45) is 5.73 Å². The van der Waals surface area contributed by atoms with Gasteiger partial charge in [-0.2, -0.15) is 13.2 Å². The molecule has 0 fully saturated rings. The predicted octanol–water partition coefficient (Wildman–Crippen LogP) is 4.22. The van der Waals surface area contributed by atoms with Crippen molar-refractivity contribution < 1.29 is 17.6 Å². The molecule has 0 aliphatic heterocycles. The number of rotatable bonds is 3. The molecule has 0 saturated carbocycles. The molecule has 2 aromatic carbocycles. The van der Waals surface area contributed by atoms with Crippen molar-refractivity contribution in [3.8, 4) is 0 Å². The minimum absolute atomic E-state index is 0.0413. The number of para-hydroxylation sites is 1. The highest BCUT2D eigenvalue weighted by atomic mass is 32.1. The smallest absolute Gasteiger partial charge is 0.389 e. The van der Waals surface area contributed by atoms with Crippen molar-refractivity contribution in [1.29, 1.82) is 0 Å². The summed E-state index contributed by atoms with van der Waals surface area (Å²) in [5, 5.41) is 2.54. The summed E-state index contributed by atoms with van der Waals surface area (Å²) in [6, 6.07) is 8.72. The highest BCUT2D eigenvalue weighted by molar-refractivity contribution is 7.80. The molecular weight excluding hydrogens is 304 g/mol. The molecule has 110 valence electrons. The van der Waals surface area contributed by atoms with Crippen LogP contribution in [0.15, 0.2) is 42.5 Å². The molecule has 0 amide bonds. The quantitative estimate of drug-likeness (QED) is 0.658. The van der Waals surface area contributed by atoms with Crippen LogP contribution >= 0.6 is 12.2 Å². The van der Waals surface area contributed by atoms with E-state index >= 15 is 0 Å². The molecule has 0 heterocycles. The third-order valence-corrected chi connectivity index (χ3v) is 2.97. The lowest BCUT2D eigenvalue weighted by molar-refractivity contribution is -0.136. The van der Waals surface area contributed by atoms with E-state index < -0.39 is 17.6 Å². The molecule has 7 heteroatoms. The second-order valence-corrected chi connectivity index (χ2v) is 4.67. The molecule has 0 aromatic heterocycles. The van der Waals surface area contributed by atoms with Gasteiger partial charge in [0.25, 0.3) is 0 Å². The normalized spacial score (nSPS) is 11.2. The summed E-state index contributed by atoms with van der Waals surface area (Å²) in [5.74, 6) is -0.697. The topological polar surface area (TPSA) is 38.0 Å². The maximum Gasteiger partial charge on any atom is 0.418 e. The van der Waals surface area contributed by atoms with Crippen LogP contribution in [0.1, 0.15) is 11.1 Å². The zero-order valence-electron chi connectivity index (χ0n) is 10.5. The highest BCUT2D eigenvalue weighted by Gasteiger charge is 2.33. The van der Waals surface area contributed by atoms with Crippen LogP contribution in [0, 0.1) is 5.82 Å². The SMILES string of the molecule is NC(=S)c1ccc(Nc2ccccc2C(F)(F)F)cc1F. The van der Waals surface area contributed by atoms with Gasteiger partial charge < -0.3 is 11.1 Å². The number of halogens is 4. The van der Waals surface area contributed by atoms with E-state index in [-0.39, 0.29) is 21.9 Å². The monoisotopic (exact) mass is 314 g/mol. The number of thiocarbonyl (C=S) groups is 1. The van der Waals surface area contributed by atoms with E-state index in [1.807, 2.05) is 0 Å². The number of alkyl halides is 3. The molecule has 0 spiro atoms. The number of benzene rings is 2. The molecule has 2 aromatic rings. The first kappa shape index (κ1) is 15.2. The number of hydrogen-bond donors (Lipinski definition) is 2. The Labute approximate surface area is 123 Å². The Balaban J connectivity index is 2.35. The van der Waals surface area contributed by atoms with E-state index in [2.05, 4.69) is 17.5 Å². The third kappa shape index (κ3) is 3.49. The van der Waals surface area contributed by atoms with Gasteiger partial charge in [0.05, 0.1) is 11.3 Å². The summed E-state index contributed by atoms with van der Waals surface area (Å²) in [6.45, 7) is 0. The second-order valence-electron chi connectivity index (χ2n) is 4.23. The molecule has 0 aliphatic rings. The average Bonchev–Trinajstić information content (AvgIpc) is 2.37. The molecule has 21 heavy (non-hydrogen) atoms. The lowest BCUT2D eigenvalue weighted by atomic mass is 10.1. The Morgan fingerprint density at radius 3 is 2.33 bits per heavy atom. The van der Waals surface area contributed by atoms with Gasteiger partial charge in [0.1, 0.15) is 10.8 Å². The molecule has 0 radical (unpaired) electrons. The Morgan fingerprint density at radius 2 is 1.76 bits per heavy atom. The number of anilines is 2. The van der Waals surface area contributed by atoms with Crippen LogP contribution < -0.4 is 11.1 Å². The van der Waals surface area contributed by atoms with Gasteiger partial charge in [0, 0.05) is 11.3 Å². The summed E-state index contributed by atoms with van der Waals surface area (Å²) >= 11 is 4.66. The van der Waals surface area contributed by atoms with Gasteiger partial charge in [0.2, 0.25) is 0 Å². The van der Waals surface area contributed by atoms with Gasteiger partial charge in [-0.1, -0.05) is 24.4 Å². The van der Waals surface area contributed by atoms with Crippen molar-refractivity contribution in [3.63, 3.8) is 0 Å². The largest absolute Gasteiger partial charge is 0.418 e. The zero-order valence-corrected chi connectivity index (χ0v) is 11.4. The van der Waals surface area contributed by atoms with Crippen LogP contribution in [0.25, 0.3) is 0 Å². The minimum atomic E-state index is -4.50. The summed E-state index contributed by atoms with van der Waals surface area (Å²) < 4.78 is 52.3. The van der Waals surface area contributed by atoms with Crippen molar-refractivity contribution >= 4 is 28.6 Å². The fraction of sp³-hybridized carbons (Fsp3) is 0.0714. The molecule has 0 atom stereocenters. The fourth-order valence-electron chi connectivity index (χ4n) is 1.79. The molecular formula is C14H10F4N2S.